The highest BCUT2D eigenvalue weighted by Crippen LogP contribution is 2.22. The van der Waals surface area contributed by atoms with Crippen molar-refractivity contribution in [3.8, 4) is 0 Å². The molecule has 0 aromatic rings. The van der Waals surface area contributed by atoms with Crippen molar-refractivity contribution in [2.45, 2.75) is 61.0 Å². The number of carboxylic acid groups (broad SMARTS) is 2. The van der Waals surface area contributed by atoms with Crippen molar-refractivity contribution in [3.63, 3.8) is 0 Å². The summed E-state index contributed by atoms with van der Waals surface area (Å²) in [5.41, 5.74) is -0.595. The molecular formula is C21H36O10S2. The van der Waals surface area contributed by atoms with Crippen LogP contribution in [0.2, 0.25) is 0 Å². The smallest absolute Gasteiger partial charge is 0.478 e. The first-order valence-corrected chi connectivity index (χ1v) is 10.9. The monoisotopic (exact) mass is 512 g/mol. The van der Waals surface area contributed by atoms with Gasteiger partial charge in [0.15, 0.2) is 0 Å². The molecule has 1 unspecified atom stereocenters. The molecule has 0 fully saturated rings. The standard InChI is InChI=1S/C11H20O4S2.C6H10O4.C4H6O2/c1-11(2,3)4-8(15-10(13)7-17)5-14-9(12)6-16;1-6(2,3)4(7)10-5(8)9;1-3(2)4(5)6/h8,16-17H,4-7H2,1-3H3;1-3H3,(H,8,9);1H2,2H3,(H,5,6). The van der Waals surface area contributed by atoms with Gasteiger partial charge in [-0.05, 0) is 39.5 Å². The number of thiol groups is 2. The Labute approximate surface area is 205 Å². The molecule has 0 heterocycles. The summed E-state index contributed by atoms with van der Waals surface area (Å²) in [5.74, 6) is -2.47. The van der Waals surface area contributed by atoms with Crippen LogP contribution in [0.25, 0.3) is 0 Å². The van der Waals surface area contributed by atoms with Crippen molar-refractivity contribution in [3.05, 3.63) is 12.2 Å². The van der Waals surface area contributed by atoms with Crippen LogP contribution in [0, 0.1) is 10.8 Å². The van der Waals surface area contributed by atoms with E-state index in [4.69, 9.17) is 19.7 Å². The van der Waals surface area contributed by atoms with Gasteiger partial charge in [-0.25, -0.2) is 9.59 Å². The van der Waals surface area contributed by atoms with Crippen LogP contribution < -0.4 is 0 Å². The Kier molecular flexibility index (Phi) is 18.5. The van der Waals surface area contributed by atoms with Crippen LogP contribution in [-0.4, -0.2) is 64.5 Å². The van der Waals surface area contributed by atoms with Crippen molar-refractivity contribution in [1.29, 1.82) is 0 Å². The van der Waals surface area contributed by atoms with Crippen LogP contribution in [0.15, 0.2) is 12.2 Å². The van der Waals surface area contributed by atoms with E-state index in [2.05, 4.69) is 36.6 Å². The summed E-state index contributed by atoms with van der Waals surface area (Å²) < 4.78 is 14.0. The fourth-order valence-electron chi connectivity index (χ4n) is 1.50. The maximum absolute atomic E-state index is 11.2. The first kappa shape index (κ1) is 35.4. The zero-order valence-electron chi connectivity index (χ0n) is 20.2. The third-order valence-electron chi connectivity index (χ3n) is 2.98. The molecule has 12 heteroatoms. The van der Waals surface area contributed by atoms with Gasteiger partial charge in [0.1, 0.15) is 12.7 Å². The Hall–Kier alpha value is -2.21. The Morgan fingerprint density at radius 3 is 1.58 bits per heavy atom. The van der Waals surface area contributed by atoms with E-state index >= 15 is 0 Å². The van der Waals surface area contributed by atoms with Crippen LogP contribution in [-0.2, 0) is 33.4 Å². The molecule has 2 N–H and O–H groups in total. The van der Waals surface area contributed by atoms with Gasteiger partial charge in [-0.1, -0.05) is 27.4 Å². The number of esters is 3. The van der Waals surface area contributed by atoms with E-state index in [1.807, 2.05) is 20.8 Å². The van der Waals surface area contributed by atoms with Crippen LogP contribution >= 0.6 is 25.3 Å². The van der Waals surface area contributed by atoms with E-state index in [0.717, 1.165) is 0 Å². The normalized spacial score (nSPS) is 11.3. The maximum atomic E-state index is 11.2. The van der Waals surface area contributed by atoms with Gasteiger partial charge in [0.25, 0.3) is 0 Å². The minimum absolute atomic E-state index is 0.0150. The highest BCUT2D eigenvalue weighted by atomic mass is 32.1. The van der Waals surface area contributed by atoms with Crippen LogP contribution in [0.1, 0.15) is 54.9 Å². The molecule has 10 nitrogen and oxygen atoms in total. The number of carboxylic acids is 1. The number of ether oxygens (including phenoxy) is 3. The van der Waals surface area contributed by atoms with Gasteiger partial charge in [0.05, 0.1) is 16.9 Å². The van der Waals surface area contributed by atoms with Gasteiger partial charge in [0, 0.05) is 5.57 Å². The predicted molar refractivity (Wildman–Crippen MR) is 129 cm³/mol. The lowest BCUT2D eigenvalue weighted by Gasteiger charge is -2.25. The molecule has 1 atom stereocenters. The molecule has 192 valence electrons. The maximum Gasteiger partial charge on any atom is 0.513 e. The van der Waals surface area contributed by atoms with Crippen LogP contribution in [0.5, 0.6) is 0 Å². The first-order chi connectivity index (χ1) is 14.8. The van der Waals surface area contributed by atoms with E-state index in [-0.39, 0.29) is 29.1 Å². The van der Waals surface area contributed by atoms with Gasteiger partial charge in [-0.3, -0.25) is 14.4 Å². The number of carbonyl (C=O) groups is 5. The van der Waals surface area contributed by atoms with Crippen LogP contribution in [0.3, 0.4) is 0 Å². The summed E-state index contributed by atoms with van der Waals surface area (Å²) in [6.07, 6.45) is -1.37. The van der Waals surface area contributed by atoms with Gasteiger partial charge < -0.3 is 24.4 Å². The lowest BCUT2D eigenvalue weighted by molar-refractivity contribution is -0.157. The fourth-order valence-corrected chi connectivity index (χ4v) is 1.67. The highest BCUT2D eigenvalue weighted by Gasteiger charge is 2.25. The molecule has 0 saturated heterocycles. The van der Waals surface area contributed by atoms with Gasteiger partial charge >= 0.3 is 30.0 Å². The van der Waals surface area contributed by atoms with E-state index in [1.54, 1.807) is 20.8 Å². The number of hydrogen-bond donors (Lipinski definition) is 4. The molecule has 0 amide bonds. The van der Waals surface area contributed by atoms with Gasteiger partial charge in [-0.2, -0.15) is 25.3 Å². The Morgan fingerprint density at radius 2 is 1.33 bits per heavy atom. The zero-order chi connectivity index (χ0) is 27.0. The van der Waals surface area contributed by atoms with E-state index in [0.29, 0.717) is 6.42 Å². The minimum Gasteiger partial charge on any atom is -0.478 e. The first-order valence-electron chi connectivity index (χ1n) is 9.67. The molecule has 0 rings (SSSR count). The van der Waals surface area contributed by atoms with Crippen molar-refractivity contribution in [2.75, 3.05) is 18.1 Å². The zero-order valence-corrected chi connectivity index (χ0v) is 22.0. The molecule has 0 aliphatic carbocycles. The second-order valence-corrected chi connectivity index (χ2v) is 9.50. The van der Waals surface area contributed by atoms with Crippen molar-refractivity contribution < 1.29 is 48.4 Å². The van der Waals surface area contributed by atoms with Crippen molar-refractivity contribution in [2.24, 2.45) is 10.8 Å². The quantitative estimate of drug-likeness (QED) is 0.131. The number of hydrogen-bond acceptors (Lipinski definition) is 10. The molecule has 0 saturated carbocycles. The Bertz CT molecular complexity index is 664. The van der Waals surface area contributed by atoms with Crippen molar-refractivity contribution >= 4 is 55.3 Å². The summed E-state index contributed by atoms with van der Waals surface area (Å²) >= 11 is 7.63. The summed E-state index contributed by atoms with van der Waals surface area (Å²) in [6, 6.07) is 0. The minimum atomic E-state index is -1.56. The van der Waals surface area contributed by atoms with E-state index in [9.17, 15) is 24.0 Å². The second-order valence-electron chi connectivity index (χ2n) is 8.87. The molecule has 0 aromatic heterocycles. The number of aliphatic carboxylic acids is 1. The summed E-state index contributed by atoms with van der Waals surface area (Å²) in [5, 5.41) is 15.9. The van der Waals surface area contributed by atoms with Gasteiger partial charge in [-0.15, -0.1) is 0 Å². The SMILES string of the molecule is C=C(C)C(=O)O.CC(C)(C)C(=O)OC(=O)O.CC(C)(C)CC(COC(=O)CS)OC(=O)CS. The fraction of sp³-hybridized carbons (Fsp3) is 0.667. The molecule has 0 aromatic carbocycles. The second kappa shape index (κ2) is 17.3. The van der Waals surface area contributed by atoms with Gasteiger partial charge in [0.2, 0.25) is 0 Å². The number of rotatable bonds is 7. The average molecular weight is 513 g/mol. The molecular weight excluding hydrogens is 476 g/mol. The van der Waals surface area contributed by atoms with Crippen LogP contribution in [0.4, 0.5) is 4.79 Å². The third kappa shape index (κ3) is 25.9. The third-order valence-corrected chi connectivity index (χ3v) is 3.50. The van der Waals surface area contributed by atoms with E-state index < -0.39 is 41.6 Å². The van der Waals surface area contributed by atoms with E-state index in [1.165, 1.54) is 6.92 Å². The molecule has 0 spiro atoms. The average Bonchev–Trinajstić information content (AvgIpc) is 2.64. The largest absolute Gasteiger partial charge is 0.513 e. The van der Waals surface area contributed by atoms with Crippen molar-refractivity contribution in [1.82, 2.24) is 0 Å². The number of carbonyl (C=O) groups excluding carboxylic acids is 3. The predicted octanol–water partition coefficient (Wildman–Crippen LogP) is 3.64. The summed E-state index contributed by atoms with van der Waals surface area (Å²) in [6.45, 7) is 15.5. The molecule has 33 heavy (non-hydrogen) atoms. The highest BCUT2D eigenvalue weighted by molar-refractivity contribution is 7.81. The lowest BCUT2D eigenvalue weighted by Crippen LogP contribution is -2.30. The molecule has 0 bridgehead atoms. The molecule has 0 aliphatic heterocycles. The Morgan fingerprint density at radius 1 is 0.909 bits per heavy atom. The topological polar surface area (TPSA) is 153 Å². The summed E-state index contributed by atoms with van der Waals surface area (Å²) in [7, 11) is 0. The molecule has 0 radical (unpaired) electrons. The Balaban J connectivity index is -0.000000473. The lowest BCUT2D eigenvalue weighted by atomic mass is 9.89. The summed E-state index contributed by atoms with van der Waals surface area (Å²) in [4.78, 5) is 52.2. The molecule has 0 aliphatic rings.